The highest BCUT2D eigenvalue weighted by Crippen LogP contribution is 2.34. The second-order valence-electron chi connectivity index (χ2n) is 7.92. The van der Waals surface area contributed by atoms with Crippen molar-refractivity contribution >= 4 is 27.5 Å². The molecule has 2 aromatic rings. The molecule has 0 radical (unpaired) electrons. The Bertz CT molecular complexity index is 1210. The van der Waals surface area contributed by atoms with Crippen LogP contribution in [0.2, 0.25) is 0 Å². The summed E-state index contributed by atoms with van der Waals surface area (Å²) in [6, 6.07) is 9.38. The summed E-state index contributed by atoms with van der Waals surface area (Å²) in [5.74, 6) is 0.861. The molecular formula is C23H27N3O7S. The zero-order chi connectivity index (χ0) is 24.5. The molecule has 0 aromatic heterocycles. The van der Waals surface area contributed by atoms with Crippen LogP contribution in [0.3, 0.4) is 0 Å². The first-order valence-electron chi connectivity index (χ1n) is 10.9. The minimum Gasteiger partial charge on any atom is -0.497 e. The molecule has 1 atom stereocenters. The molecule has 182 valence electrons. The van der Waals surface area contributed by atoms with E-state index in [9.17, 15) is 18.0 Å². The van der Waals surface area contributed by atoms with Crippen molar-refractivity contribution in [2.24, 2.45) is 0 Å². The molecule has 34 heavy (non-hydrogen) atoms. The monoisotopic (exact) mass is 489 g/mol. The molecule has 0 saturated carbocycles. The van der Waals surface area contributed by atoms with Gasteiger partial charge < -0.3 is 24.4 Å². The van der Waals surface area contributed by atoms with Crippen LogP contribution in [0.4, 0.5) is 5.69 Å². The largest absolute Gasteiger partial charge is 0.497 e. The number of fused-ring (bicyclic) bond motifs is 1. The van der Waals surface area contributed by atoms with Gasteiger partial charge in [0.1, 0.15) is 17.2 Å². The topological polar surface area (TPSA) is 114 Å². The van der Waals surface area contributed by atoms with Gasteiger partial charge in [0.15, 0.2) is 6.10 Å². The highest BCUT2D eigenvalue weighted by atomic mass is 32.2. The van der Waals surface area contributed by atoms with Crippen LogP contribution >= 0.6 is 0 Å². The fourth-order valence-electron chi connectivity index (χ4n) is 3.98. The molecule has 2 heterocycles. The van der Waals surface area contributed by atoms with Crippen LogP contribution in [0.5, 0.6) is 17.2 Å². The zero-order valence-electron chi connectivity index (χ0n) is 19.2. The first kappa shape index (κ1) is 23.8. The Balaban J connectivity index is 1.47. The maximum atomic E-state index is 13.2. The summed E-state index contributed by atoms with van der Waals surface area (Å²) >= 11 is 0. The van der Waals surface area contributed by atoms with Gasteiger partial charge in [0.25, 0.3) is 11.8 Å². The van der Waals surface area contributed by atoms with E-state index in [1.54, 1.807) is 29.2 Å². The van der Waals surface area contributed by atoms with Crippen molar-refractivity contribution in [3.63, 3.8) is 0 Å². The Morgan fingerprint density at radius 2 is 1.82 bits per heavy atom. The molecular weight excluding hydrogens is 462 g/mol. The lowest BCUT2D eigenvalue weighted by molar-refractivity contribution is -0.123. The van der Waals surface area contributed by atoms with E-state index < -0.39 is 16.1 Å². The number of hydrogen-bond acceptors (Lipinski definition) is 7. The number of benzene rings is 2. The molecule has 0 aliphatic carbocycles. The number of methoxy groups -OCH3 is 2. The van der Waals surface area contributed by atoms with Gasteiger partial charge in [-0.25, -0.2) is 8.42 Å². The molecule has 2 aliphatic rings. The van der Waals surface area contributed by atoms with Gasteiger partial charge in [-0.15, -0.1) is 0 Å². The molecule has 4 rings (SSSR count). The van der Waals surface area contributed by atoms with Crippen LogP contribution in [-0.2, 0) is 14.8 Å². The molecule has 1 N–H and O–H groups in total. The normalized spacial score (nSPS) is 18.5. The quantitative estimate of drug-likeness (QED) is 0.660. The van der Waals surface area contributed by atoms with E-state index >= 15 is 0 Å². The van der Waals surface area contributed by atoms with Crippen molar-refractivity contribution < 1.29 is 32.2 Å². The summed E-state index contributed by atoms with van der Waals surface area (Å²) < 4.78 is 43.9. The number of nitrogens with zero attached hydrogens (tertiary/aromatic N) is 2. The van der Waals surface area contributed by atoms with Crippen molar-refractivity contribution in [2.45, 2.75) is 24.3 Å². The van der Waals surface area contributed by atoms with E-state index in [0.717, 1.165) is 0 Å². The van der Waals surface area contributed by atoms with Gasteiger partial charge in [-0.1, -0.05) is 6.92 Å². The molecule has 2 aliphatic heterocycles. The molecule has 1 saturated heterocycles. The molecule has 11 heteroatoms. The first-order valence-corrected chi connectivity index (χ1v) is 12.4. The zero-order valence-corrected chi connectivity index (χ0v) is 20.1. The molecule has 2 aromatic carbocycles. The number of nitrogens with one attached hydrogen (secondary N) is 1. The maximum absolute atomic E-state index is 13.2. The van der Waals surface area contributed by atoms with Crippen molar-refractivity contribution in [1.82, 2.24) is 9.21 Å². The molecule has 1 unspecified atom stereocenters. The van der Waals surface area contributed by atoms with E-state index in [2.05, 4.69) is 5.32 Å². The van der Waals surface area contributed by atoms with Gasteiger partial charge in [-0.3, -0.25) is 9.59 Å². The van der Waals surface area contributed by atoms with Crippen LogP contribution in [0.1, 0.15) is 23.7 Å². The summed E-state index contributed by atoms with van der Waals surface area (Å²) in [6.07, 6.45) is -0.0821. The van der Waals surface area contributed by atoms with Gasteiger partial charge in [-0.05, 0) is 36.8 Å². The van der Waals surface area contributed by atoms with E-state index in [-0.39, 0.29) is 42.9 Å². The van der Waals surface area contributed by atoms with E-state index in [0.29, 0.717) is 34.9 Å². The van der Waals surface area contributed by atoms with Crippen molar-refractivity contribution in [2.75, 3.05) is 45.7 Å². The summed E-state index contributed by atoms with van der Waals surface area (Å²) in [7, 11) is -0.815. The number of hydrogen-bond donors (Lipinski definition) is 1. The van der Waals surface area contributed by atoms with Crippen LogP contribution in [0.25, 0.3) is 0 Å². The van der Waals surface area contributed by atoms with Crippen LogP contribution in [-0.4, -0.2) is 75.9 Å². The molecule has 2 amide bonds. The third-order valence-electron chi connectivity index (χ3n) is 5.94. The third kappa shape index (κ3) is 4.40. The lowest BCUT2D eigenvalue weighted by Gasteiger charge is -2.34. The van der Waals surface area contributed by atoms with E-state index in [1.165, 1.54) is 30.7 Å². The van der Waals surface area contributed by atoms with Gasteiger partial charge >= 0.3 is 0 Å². The van der Waals surface area contributed by atoms with Crippen molar-refractivity contribution in [3.05, 3.63) is 42.0 Å². The van der Waals surface area contributed by atoms with Gasteiger partial charge in [0, 0.05) is 32.2 Å². The Kier molecular flexibility index (Phi) is 6.67. The van der Waals surface area contributed by atoms with Crippen molar-refractivity contribution in [3.8, 4) is 17.2 Å². The fraction of sp³-hybridized carbons (Fsp3) is 0.391. The number of carbonyl (C=O) groups excluding carboxylic acids is 2. The van der Waals surface area contributed by atoms with Crippen LogP contribution in [0, 0.1) is 0 Å². The number of ether oxygens (including phenoxy) is 3. The summed E-state index contributed by atoms with van der Waals surface area (Å²) in [4.78, 5) is 26.8. The highest BCUT2D eigenvalue weighted by Gasteiger charge is 2.33. The third-order valence-corrected chi connectivity index (χ3v) is 7.84. The van der Waals surface area contributed by atoms with Crippen LogP contribution in [0.15, 0.2) is 41.3 Å². The highest BCUT2D eigenvalue weighted by molar-refractivity contribution is 7.89. The van der Waals surface area contributed by atoms with E-state index in [1.807, 2.05) is 6.92 Å². The second kappa shape index (κ2) is 9.51. The average molecular weight is 490 g/mol. The lowest BCUT2D eigenvalue weighted by atomic mass is 10.1. The van der Waals surface area contributed by atoms with Gasteiger partial charge in [-0.2, -0.15) is 4.31 Å². The van der Waals surface area contributed by atoms with Crippen molar-refractivity contribution in [1.29, 1.82) is 0 Å². The number of amides is 2. The summed E-state index contributed by atoms with van der Waals surface area (Å²) in [6.45, 7) is 2.59. The molecule has 10 nitrogen and oxygen atoms in total. The Morgan fingerprint density at radius 3 is 2.47 bits per heavy atom. The number of anilines is 1. The fourth-order valence-corrected chi connectivity index (χ4v) is 5.43. The predicted molar refractivity (Wildman–Crippen MR) is 124 cm³/mol. The lowest BCUT2D eigenvalue weighted by Crippen LogP contribution is -2.50. The molecule has 0 spiro atoms. The average Bonchev–Trinajstić information content (AvgIpc) is 2.87. The molecule has 0 bridgehead atoms. The Morgan fingerprint density at radius 1 is 1.09 bits per heavy atom. The SMILES string of the molecule is CCC1Oc2ccc(S(=O)(=O)N3CCN(C(=O)c4ccc(OC)cc4OC)CC3)cc2NC1=O. The smallest absolute Gasteiger partial charge is 0.265 e. The van der Waals surface area contributed by atoms with Gasteiger partial charge in [0.05, 0.1) is 30.4 Å². The first-order chi connectivity index (χ1) is 16.3. The Hall–Kier alpha value is -3.31. The summed E-state index contributed by atoms with van der Waals surface area (Å²) in [5.41, 5.74) is 0.714. The minimum absolute atomic E-state index is 0.0571. The Labute approximate surface area is 198 Å². The predicted octanol–water partition coefficient (Wildman–Crippen LogP) is 1.96. The molecule has 1 fully saturated rings. The number of carbonyl (C=O) groups is 2. The second-order valence-corrected chi connectivity index (χ2v) is 9.86. The summed E-state index contributed by atoms with van der Waals surface area (Å²) in [5, 5.41) is 2.71. The standard InChI is InChI=1S/C23H27N3O7S/c1-4-19-22(27)24-18-14-16(6-8-20(18)33-19)34(29,30)26-11-9-25(10-12-26)23(28)17-7-5-15(31-2)13-21(17)32-3/h5-8,13-14,19H,4,9-12H2,1-3H3,(H,24,27). The number of rotatable bonds is 6. The van der Waals surface area contributed by atoms with Crippen LogP contribution < -0.4 is 19.5 Å². The maximum Gasteiger partial charge on any atom is 0.265 e. The minimum atomic E-state index is -3.82. The number of sulfonamides is 1. The number of piperazine rings is 1. The van der Waals surface area contributed by atoms with Gasteiger partial charge in [0.2, 0.25) is 10.0 Å². The van der Waals surface area contributed by atoms with E-state index in [4.69, 9.17) is 14.2 Å².